The van der Waals surface area contributed by atoms with Gasteiger partial charge in [-0.2, -0.15) is 0 Å². The minimum atomic E-state index is -0.210. The molecule has 0 aromatic heterocycles. The Hall–Kier alpha value is -0.530. The van der Waals surface area contributed by atoms with Crippen LogP contribution in [0.1, 0.15) is 41.5 Å². The number of hydrogen-bond acceptors (Lipinski definition) is 2. The first-order valence-electron chi connectivity index (χ1n) is 3.86. The van der Waals surface area contributed by atoms with Crippen molar-refractivity contribution in [2.45, 2.75) is 47.1 Å². The number of rotatable bonds is 1. The maximum atomic E-state index is 5.12. The molecule has 0 unspecified atom stereocenters. The standard InChI is InChI=1S/C9H18NO/c1-8(2,3)7-10-11-9(4,5)6/h1-6H3. The highest BCUT2D eigenvalue weighted by Crippen LogP contribution is 2.11. The van der Waals surface area contributed by atoms with Gasteiger partial charge in [0.05, 0.1) is 0 Å². The fourth-order valence-corrected chi connectivity index (χ4v) is 0.297. The summed E-state index contributed by atoms with van der Waals surface area (Å²) < 4.78 is 0. The summed E-state index contributed by atoms with van der Waals surface area (Å²) in [6, 6.07) is 0. The van der Waals surface area contributed by atoms with E-state index in [1.807, 2.05) is 41.5 Å². The predicted octanol–water partition coefficient (Wildman–Crippen LogP) is 2.71. The quantitative estimate of drug-likeness (QED) is 0.422. The lowest BCUT2D eigenvalue weighted by atomic mass is 9.99. The Morgan fingerprint density at radius 3 is 1.73 bits per heavy atom. The first-order chi connectivity index (χ1) is 4.71. The molecule has 1 radical (unpaired) electrons. The zero-order chi connectivity index (χ0) is 9.12. The van der Waals surface area contributed by atoms with E-state index in [2.05, 4.69) is 11.4 Å². The van der Waals surface area contributed by atoms with Crippen molar-refractivity contribution in [3.05, 3.63) is 0 Å². The van der Waals surface area contributed by atoms with Crippen molar-refractivity contribution < 1.29 is 4.84 Å². The summed E-state index contributed by atoms with van der Waals surface area (Å²) in [4.78, 5) is 5.12. The molecular formula is C9H18NO. The van der Waals surface area contributed by atoms with Crippen LogP contribution < -0.4 is 0 Å². The van der Waals surface area contributed by atoms with Gasteiger partial charge in [-0.1, -0.05) is 25.9 Å². The van der Waals surface area contributed by atoms with E-state index in [4.69, 9.17) is 4.84 Å². The summed E-state index contributed by atoms with van der Waals surface area (Å²) in [6.45, 7) is 12.0. The van der Waals surface area contributed by atoms with Gasteiger partial charge in [0.1, 0.15) is 11.8 Å². The van der Waals surface area contributed by atoms with Crippen LogP contribution in [0.4, 0.5) is 0 Å². The lowest BCUT2D eigenvalue weighted by molar-refractivity contribution is 0.000757. The Kier molecular flexibility index (Phi) is 3.09. The van der Waals surface area contributed by atoms with Gasteiger partial charge in [0.2, 0.25) is 0 Å². The van der Waals surface area contributed by atoms with Crippen molar-refractivity contribution in [3.8, 4) is 0 Å². The number of hydrogen-bond donors (Lipinski definition) is 0. The van der Waals surface area contributed by atoms with E-state index in [-0.39, 0.29) is 11.0 Å². The molecule has 2 nitrogen and oxygen atoms in total. The van der Waals surface area contributed by atoms with Crippen LogP contribution in [0.25, 0.3) is 0 Å². The van der Waals surface area contributed by atoms with E-state index in [1.165, 1.54) is 0 Å². The molecule has 0 heterocycles. The average molecular weight is 156 g/mol. The van der Waals surface area contributed by atoms with Crippen molar-refractivity contribution in [1.29, 1.82) is 0 Å². The first kappa shape index (κ1) is 10.5. The van der Waals surface area contributed by atoms with Crippen molar-refractivity contribution in [2.75, 3.05) is 0 Å². The van der Waals surface area contributed by atoms with Crippen LogP contribution in [-0.4, -0.2) is 11.8 Å². The van der Waals surface area contributed by atoms with Crippen molar-refractivity contribution >= 4 is 6.21 Å². The first-order valence-corrected chi connectivity index (χ1v) is 3.86. The van der Waals surface area contributed by atoms with Gasteiger partial charge < -0.3 is 4.84 Å². The Balaban J connectivity index is 3.80. The summed E-state index contributed by atoms with van der Waals surface area (Å²) >= 11 is 0. The Labute approximate surface area is 69.6 Å². The molecule has 0 saturated carbocycles. The topological polar surface area (TPSA) is 21.6 Å². The highest BCUT2D eigenvalue weighted by molar-refractivity contribution is 5.63. The van der Waals surface area contributed by atoms with Gasteiger partial charge in [-0.3, -0.25) is 0 Å². The lowest BCUT2D eigenvalue weighted by Crippen LogP contribution is -2.17. The molecule has 0 aliphatic heterocycles. The zero-order valence-electron chi connectivity index (χ0n) is 8.36. The van der Waals surface area contributed by atoms with Gasteiger partial charge in [-0.25, -0.2) is 0 Å². The smallest absolute Gasteiger partial charge is 0.129 e. The fraction of sp³-hybridized carbons (Fsp3) is 0.889. The van der Waals surface area contributed by atoms with Crippen LogP contribution in [0, 0.1) is 5.41 Å². The van der Waals surface area contributed by atoms with Gasteiger partial charge in [0.25, 0.3) is 0 Å². The van der Waals surface area contributed by atoms with Crippen molar-refractivity contribution in [2.24, 2.45) is 10.6 Å². The van der Waals surface area contributed by atoms with Crippen LogP contribution in [0.15, 0.2) is 5.16 Å². The molecule has 0 aromatic rings. The molecule has 65 valence electrons. The predicted molar refractivity (Wildman–Crippen MR) is 47.7 cm³/mol. The van der Waals surface area contributed by atoms with Crippen LogP contribution in [0.5, 0.6) is 0 Å². The lowest BCUT2D eigenvalue weighted by Gasteiger charge is -2.16. The maximum absolute atomic E-state index is 5.12. The van der Waals surface area contributed by atoms with Crippen LogP contribution >= 0.6 is 0 Å². The van der Waals surface area contributed by atoms with Crippen LogP contribution in [0.2, 0.25) is 0 Å². The van der Waals surface area contributed by atoms with E-state index < -0.39 is 0 Å². The third kappa shape index (κ3) is 9.47. The van der Waals surface area contributed by atoms with E-state index in [0.29, 0.717) is 0 Å². The molecule has 0 saturated heterocycles. The Morgan fingerprint density at radius 1 is 1.00 bits per heavy atom. The summed E-state index contributed by atoms with van der Waals surface area (Å²) in [7, 11) is 0. The van der Waals surface area contributed by atoms with E-state index in [9.17, 15) is 0 Å². The van der Waals surface area contributed by atoms with Gasteiger partial charge in [-0.15, -0.1) is 0 Å². The Bertz CT molecular complexity index is 137. The molecule has 0 N–H and O–H groups in total. The van der Waals surface area contributed by atoms with E-state index in [0.717, 1.165) is 0 Å². The highest BCUT2D eigenvalue weighted by Gasteiger charge is 2.11. The van der Waals surface area contributed by atoms with Gasteiger partial charge >= 0.3 is 0 Å². The summed E-state index contributed by atoms with van der Waals surface area (Å²) in [5.74, 6) is 0. The monoisotopic (exact) mass is 156 g/mol. The molecular weight excluding hydrogens is 138 g/mol. The molecule has 0 aliphatic rings. The van der Waals surface area contributed by atoms with Gasteiger partial charge in [0.15, 0.2) is 0 Å². The second-order valence-corrected chi connectivity index (χ2v) is 4.66. The molecule has 0 atom stereocenters. The van der Waals surface area contributed by atoms with Crippen molar-refractivity contribution in [1.82, 2.24) is 0 Å². The van der Waals surface area contributed by atoms with Crippen LogP contribution in [-0.2, 0) is 4.84 Å². The summed E-state index contributed by atoms with van der Waals surface area (Å²) in [6.07, 6.45) is 2.88. The SMILES string of the molecule is CC(C)(C)/[C]=N/OC(C)(C)C. The Morgan fingerprint density at radius 2 is 1.45 bits per heavy atom. The zero-order valence-corrected chi connectivity index (χ0v) is 8.36. The summed E-state index contributed by atoms with van der Waals surface area (Å²) in [5.41, 5.74) is -0.233. The summed E-state index contributed by atoms with van der Waals surface area (Å²) in [5, 5.41) is 3.76. The molecule has 0 aliphatic carbocycles. The molecule has 0 aromatic carbocycles. The minimum absolute atomic E-state index is 0.0226. The van der Waals surface area contributed by atoms with Gasteiger partial charge in [0, 0.05) is 5.41 Å². The molecule has 11 heavy (non-hydrogen) atoms. The maximum Gasteiger partial charge on any atom is 0.129 e. The third-order valence-corrected chi connectivity index (χ3v) is 0.701. The molecule has 0 amide bonds. The minimum Gasteiger partial charge on any atom is -0.390 e. The second-order valence-electron chi connectivity index (χ2n) is 4.66. The number of nitrogens with zero attached hydrogens (tertiary/aromatic N) is 1. The average Bonchev–Trinajstić information content (AvgIpc) is 1.55. The van der Waals surface area contributed by atoms with Crippen molar-refractivity contribution in [3.63, 3.8) is 0 Å². The fourth-order valence-electron chi connectivity index (χ4n) is 0.297. The third-order valence-electron chi connectivity index (χ3n) is 0.701. The highest BCUT2D eigenvalue weighted by atomic mass is 16.6. The normalized spacial score (nSPS) is 14.0. The van der Waals surface area contributed by atoms with E-state index >= 15 is 0 Å². The largest absolute Gasteiger partial charge is 0.390 e. The second kappa shape index (κ2) is 3.24. The molecule has 2 heteroatoms. The van der Waals surface area contributed by atoms with Crippen LogP contribution in [0.3, 0.4) is 0 Å². The van der Waals surface area contributed by atoms with Gasteiger partial charge in [-0.05, 0) is 20.8 Å². The molecule has 0 spiro atoms. The molecule has 0 rings (SSSR count). The molecule has 0 fully saturated rings. The van der Waals surface area contributed by atoms with E-state index in [1.54, 1.807) is 0 Å². The molecule has 0 bridgehead atoms.